The number of rotatable bonds is 1. The highest BCUT2D eigenvalue weighted by Crippen LogP contribution is 2.34. The van der Waals surface area contributed by atoms with Crippen LogP contribution >= 0.6 is 23.2 Å². The van der Waals surface area contributed by atoms with Crippen molar-refractivity contribution >= 4 is 40.4 Å². The SMILES string of the molecule is O=C1C=CC(=Nc2c(Cl)cccc2Cl)c2ccccc21. The number of allylic oxidation sites excluding steroid dienone is 2. The van der Waals surface area contributed by atoms with Crippen molar-refractivity contribution in [3.8, 4) is 0 Å². The van der Waals surface area contributed by atoms with Crippen LogP contribution in [0.1, 0.15) is 15.9 Å². The van der Waals surface area contributed by atoms with E-state index in [0.717, 1.165) is 5.56 Å². The van der Waals surface area contributed by atoms with Gasteiger partial charge in [0.2, 0.25) is 0 Å². The number of carbonyl (C=O) groups is 1. The summed E-state index contributed by atoms with van der Waals surface area (Å²) in [5.74, 6) is -0.0233. The molecule has 0 aromatic heterocycles. The average molecular weight is 302 g/mol. The Morgan fingerprint density at radius 3 is 2.15 bits per heavy atom. The lowest BCUT2D eigenvalue weighted by atomic mass is 9.94. The van der Waals surface area contributed by atoms with E-state index in [-0.39, 0.29) is 5.78 Å². The number of aliphatic imine (C=N–C) groups is 1. The Labute approximate surface area is 126 Å². The van der Waals surface area contributed by atoms with E-state index >= 15 is 0 Å². The quantitative estimate of drug-likeness (QED) is 0.739. The maximum absolute atomic E-state index is 11.8. The second-order valence-corrected chi connectivity index (χ2v) is 5.12. The Kier molecular flexibility index (Phi) is 3.43. The van der Waals surface area contributed by atoms with Crippen molar-refractivity contribution in [3.05, 3.63) is 75.8 Å². The lowest BCUT2D eigenvalue weighted by molar-refractivity contribution is 0.104. The van der Waals surface area contributed by atoms with Gasteiger partial charge < -0.3 is 0 Å². The molecule has 20 heavy (non-hydrogen) atoms. The molecular formula is C16H9Cl2NO. The molecule has 3 rings (SSSR count). The van der Waals surface area contributed by atoms with Gasteiger partial charge in [0.25, 0.3) is 0 Å². The Balaban J connectivity index is 2.18. The second kappa shape index (κ2) is 5.23. The Morgan fingerprint density at radius 2 is 1.45 bits per heavy atom. The summed E-state index contributed by atoms with van der Waals surface area (Å²) in [6.45, 7) is 0. The molecule has 4 heteroatoms. The van der Waals surface area contributed by atoms with E-state index in [4.69, 9.17) is 23.2 Å². The molecule has 2 aromatic rings. The number of benzene rings is 2. The van der Waals surface area contributed by atoms with E-state index in [1.54, 1.807) is 30.3 Å². The highest BCUT2D eigenvalue weighted by molar-refractivity contribution is 6.39. The van der Waals surface area contributed by atoms with Crippen molar-refractivity contribution in [1.29, 1.82) is 0 Å². The van der Waals surface area contributed by atoms with E-state index < -0.39 is 0 Å². The topological polar surface area (TPSA) is 29.4 Å². The zero-order valence-electron chi connectivity index (χ0n) is 10.3. The Hall–Kier alpha value is -1.90. The van der Waals surface area contributed by atoms with Gasteiger partial charge in [0.1, 0.15) is 5.69 Å². The molecule has 0 fully saturated rings. The molecule has 0 amide bonds. The third-order valence-electron chi connectivity index (χ3n) is 3.03. The molecule has 0 aliphatic heterocycles. The molecule has 0 bridgehead atoms. The number of para-hydroxylation sites is 1. The molecule has 0 radical (unpaired) electrons. The van der Waals surface area contributed by atoms with Crippen molar-refractivity contribution in [3.63, 3.8) is 0 Å². The van der Waals surface area contributed by atoms with Crippen LogP contribution in [0.4, 0.5) is 5.69 Å². The highest BCUT2D eigenvalue weighted by Gasteiger charge is 2.17. The van der Waals surface area contributed by atoms with Crippen LogP contribution in [0.25, 0.3) is 0 Å². The number of carbonyl (C=O) groups excluding carboxylic acids is 1. The first-order valence-electron chi connectivity index (χ1n) is 6.01. The summed E-state index contributed by atoms with van der Waals surface area (Å²) in [5, 5.41) is 0.959. The Bertz CT molecular complexity index is 743. The van der Waals surface area contributed by atoms with Gasteiger partial charge in [0.15, 0.2) is 5.78 Å². The fraction of sp³-hybridized carbons (Fsp3) is 0. The fourth-order valence-corrected chi connectivity index (χ4v) is 2.55. The normalized spacial score (nSPS) is 15.5. The molecule has 0 N–H and O–H groups in total. The molecule has 2 aromatic carbocycles. The lowest BCUT2D eigenvalue weighted by Gasteiger charge is -2.12. The summed E-state index contributed by atoms with van der Waals surface area (Å²) in [5.41, 5.74) is 2.61. The molecule has 0 spiro atoms. The largest absolute Gasteiger partial charge is 0.289 e. The van der Waals surface area contributed by atoms with Crippen molar-refractivity contribution in [2.75, 3.05) is 0 Å². The van der Waals surface area contributed by atoms with Crippen LogP contribution in [0.15, 0.2) is 59.6 Å². The molecule has 1 aliphatic carbocycles. The summed E-state index contributed by atoms with van der Waals surface area (Å²) in [6, 6.07) is 12.6. The zero-order valence-corrected chi connectivity index (χ0v) is 11.8. The van der Waals surface area contributed by atoms with Gasteiger partial charge in [-0.2, -0.15) is 0 Å². The first-order chi connectivity index (χ1) is 9.66. The molecule has 0 atom stereocenters. The summed E-state index contributed by atoms with van der Waals surface area (Å²) in [6.07, 6.45) is 3.19. The smallest absolute Gasteiger partial charge is 0.186 e. The van der Waals surface area contributed by atoms with Crippen molar-refractivity contribution in [2.24, 2.45) is 4.99 Å². The zero-order chi connectivity index (χ0) is 14.1. The van der Waals surface area contributed by atoms with Crippen molar-refractivity contribution < 1.29 is 4.79 Å². The summed E-state index contributed by atoms with van der Waals surface area (Å²) >= 11 is 12.2. The van der Waals surface area contributed by atoms with Crippen molar-refractivity contribution in [2.45, 2.75) is 0 Å². The summed E-state index contributed by atoms with van der Waals surface area (Å²) in [4.78, 5) is 16.3. The van der Waals surface area contributed by atoms with Gasteiger partial charge >= 0.3 is 0 Å². The monoisotopic (exact) mass is 301 g/mol. The van der Waals surface area contributed by atoms with Gasteiger partial charge in [0, 0.05) is 11.1 Å². The van der Waals surface area contributed by atoms with Gasteiger partial charge in [-0.05, 0) is 24.3 Å². The Morgan fingerprint density at radius 1 is 0.800 bits per heavy atom. The summed E-state index contributed by atoms with van der Waals surface area (Å²) in [7, 11) is 0. The molecule has 0 heterocycles. The third-order valence-corrected chi connectivity index (χ3v) is 3.64. The van der Waals surface area contributed by atoms with Gasteiger partial charge in [-0.3, -0.25) is 4.79 Å². The van der Waals surface area contributed by atoms with Gasteiger partial charge in [0.05, 0.1) is 15.8 Å². The van der Waals surface area contributed by atoms with Crippen LogP contribution in [0.3, 0.4) is 0 Å². The number of halogens is 2. The predicted octanol–water partition coefficient (Wildman–Crippen LogP) is 4.87. The standard InChI is InChI=1S/C16H9Cl2NO/c17-12-6-3-7-13(18)16(12)19-14-8-9-15(20)11-5-2-1-4-10(11)14/h1-9H. The fourth-order valence-electron chi connectivity index (χ4n) is 2.07. The highest BCUT2D eigenvalue weighted by atomic mass is 35.5. The van der Waals surface area contributed by atoms with E-state index in [1.807, 2.05) is 18.2 Å². The molecule has 98 valence electrons. The van der Waals surface area contributed by atoms with E-state index in [2.05, 4.69) is 4.99 Å². The second-order valence-electron chi connectivity index (χ2n) is 4.31. The molecule has 0 saturated carbocycles. The maximum Gasteiger partial charge on any atom is 0.186 e. The van der Waals surface area contributed by atoms with Crippen LogP contribution in [-0.4, -0.2) is 11.5 Å². The molecular weight excluding hydrogens is 293 g/mol. The third kappa shape index (κ3) is 2.28. The van der Waals surface area contributed by atoms with Gasteiger partial charge in [-0.1, -0.05) is 53.5 Å². The number of nitrogens with zero attached hydrogens (tertiary/aromatic N) is 1. The predicted molar refractivity (Wildman–Crippen MR) is 82.6 cm³/mol. The van der Waals surface area contributed by atoms with Crippen LogP contribution < -0.4 is 0 Å². The maximum atomic E-state index is 11.8. The van der Waals surface area contributed by atoms with E-state index in [0.29, 0.717) is 27.0 Å². The minimum Gasteiger partial charge on any atom is -0.289 e. The van der Waals surface area contributed by atoms with Gasteiger partial charge in [-0.15, -0.1) is 0 Å². The first kappa shape index (κ1) is 13.1. The number of fused-ring (bicyclic) bond motifs is 1. The minimum absolute atomic E-state index is 0.0233. The van der Waals surface area contributed by atoms with Crippen LogP contribution in [-0.2, 0) is 0 Å². The average Bonchev–Trinajstić information content (AvgIpc) is 2.46. The minimum atomic E-state index is -0.0233. The number of hydrogen-bond acceptors (Lipinski definition) is 2. The lowest BCUT2D eigenvalue weighted by Crippen LogP contribution is -2.11. The molecule has 1 aliphatic rings. The number of hydrogen-bond donors (Lipinski definition) is 0. The molecule has 2 nitrogen and oxygen atoms in total. The number of ketones is 1. The van der Waals surface area contributed by atoms with E-state index in [1.165, 1.54) is 6.08 Å². The molecule has 0 saturated heterocycles. The molecule has 0 unspecified atom stereocenters. The van der Waals surface area contributed by atoms with E-state index in [9.17, 15) is 4.79 Å². The van der Waals surface area contributed by atoms with Crippen LogP contribution in [0.5, 0.6) is 0 Å². The van der Waals surface area contributed by atoms with Gasteiger partial charge in [-0.25, -0.2) is 4.99 Å². The van der Waals surface area contributed by atoms with Crippen LogP contribution in [0, 0.1) is 0 Å². The summed E-state index contributed by atoms with van der Waals surface area (Å²) < 4.78 is 0. The first-order valence-corrected chi connectivity index (χ1v) is 6.77. The van der Waals surface area contributed by atoms with Crippen molar-refractivity contribution in [1.82, 2.24) is 0 Å². The van der Waals surface area contributed by atoms with Crippen LogP contribution in [0.2, 0.25) is 10.0 Å².